The van der Waals surface area contributed by atoms with E-state index in [1.54, 1.807) is 4.90 Å². The van der Waals surface area contributed by atoms with Crippen molar-refractivity contribution < 1.29 is 14.6 Å². The van der Waals surface area contributed by atoms with Gasteiger partial charge < -0.3 is 14.7 Å². The molecule has 1 aliphatic heterocycles. The van der Waals surface area contributed by atoms with Crippen molar-refractivity contribution >= 4 is 34.8 Å². The number of aromatic hydroxyl groups is 1. The highest BCUT2D eigenvalue weighted by Crippen LogP contribution is 2.38. The Bertz CT molecular complexity index is 820. The monoisotopic (exact) mass is 379 g/mol. The van der Waals surface area contributed by atoms with Crippen LogP contribution >= 0.6 is 23.2 Å². The maximum atomic E-state index is 13.0. The van der Waals surface area contributed by atoms with Crippen molar-refractivity contribution in [1.29, 1.82) is 0 Å². The van der Waals surface area contributed by atoms with Crippen molar-refractivity contribution in [1.82, 2.24) is 0 Å². The first-order valence-corrected chi connectivity index (χ1v) is 8.71. The summed E-state index contributed by atoms with van der Waals surface area (Å²) in [6.07, 6.45) is 0. The number of amides is 1. The Morgan fingerprint density at radius 1 is 1.16 bits per heavy atom. The zero-order valence-electron chi connectivity index (χ0n) is 14.3. The number of fused-ring (bicyclic) bond motifs is 1. The molecule has 0 spiro atoms. The van der Waals surface area contributed by atoms with Gasteiger partial charge in [-0.15, -0.1) is 0 Å². The predicted molar refractivity (Wildman–Crippen MR) is 100 cm³/mol. The number of nitrogens with zero attached hydrogens (tertiary/aromatic N) is 1. The third-order valence-corrected chi connectivity index (χ3v) is 4.77. The van der Waals surface area contributed by atoms with E-state index in [-0.39, 0.29) is 27.1 Å². The van der Waals surface area contributed by atoms with E-state index in [9.17, 15) is 9.90 Å². The molecule has 1 heterocycles. The molecule has 2 aromatic carbocycles. The Balaban J connectivity index is 2.04. The van der Waals surface area contributed by atoms with Gasteiger partial charge in [0, 0.05) is 5.56 Å². The fraction of sp³-hybridized carbons (Fsp3) is 0.316. The average Bonchev–Trinajstić information content (AvgIpc) is 2.56. The summed E-state index contributed by atoms with van der Waals surface area (Å²) in [6, 6.07) is 8.74. The molecule has 25 heavy (non-hydrogen) atoms. The molecule has 0 saturated carbocycles. The maximum Gasteiger partial charge on any atom is 0.258 e. The number of halogens is 2. The molecule has 1 aliphatic rings. The second-order valence-corrected chi connectivity index (χ2v) is 7.84. The highest BCUT2D eigenvalue weighted by atomic mass is 35.5. The Hall–Kier alpha value is -1.91. The van der Waals surface area contributed by atoms with Gasteiger partial charge in [-0.2, -0.15) is 0 Å². The Morgan fingerprint density at radius 2 is 1.80 bits per heavy atom. The lowest BCUT2D eigenvalue weighted by Crippen LogP contribution is -2.38. The number of phenols is 1. The van der Waals surface area contributed by atoms with Crippen molar-refractivity contribution in [2.45, 2.75) is 26.2 Å². The van der Waals surface area contributed by atoms with Crippen molar-refractivity contribution in [3.63, 3.8) is 0 Å². The van der Waals surface area contributed by atoms with E-state index in [0.29, 0.717) is 24.5 Å². The van der Waals surface area contributed by atoms with E-state index in [1.807, 2.05) is 18.2 Å². The number of hydrogen-bond acceptors (Lipinski definition) is 3. The number of rotatable bonds is 1. The van der Waals surface area contributed by atoms with Gasteiger partial charge in [0.05, 0.1) is 22.3 Å². The first-order valence-electron chi connectivity index (χ1n) is 7.95. The van der Waals surface area contributed by atoms with Gasteiger partial charge in [-0.1, -0.05) is 50.0 Å². The summed E-state index contributed by atoms with van der Waals surface area (Å²) in [7, 11) is 0. The van der Waals surface area contributed by atoms with Crippen LogP contribution in [0.2, 0.25) is 10.0 Å². The minimum absolute atomic E-state index is 0.0489. The van der Waals surface area contributed by atoms with E-state index in [4.69, 9.17) is 27.9 Å². The molecule has 6 heteroatoms. The molecule has 0 aromatic heterocycles. The topological polar surface area (TPSA) is 49.8 Å². The van der Waals surface area contributed by atoms with Crippen LogP contribution in [0, 0.1) is 0 Å². The zero-order valence-corrected chi connectivity index (χ0v) is 15.8. The molecule has 132 valence electrons. The molecule has 1 N–H and O–H groups in total. The summed E-state index contributed by atoms with van der Waals surface area (Å²) in [4.78, 5) is 14.7. The van der Waals surface area contributed by atoms with Gasteiger partial charge in [0.2, 0.25) is 0 Å². The van der Waals surface area contributed by atoms with Crippen molar-refractivity contribution in [2.75, 3.05) is 18.1 Å². The van der Waals surface area contributed by atoms with Crippen molar-refractivity contribution in [3.8, 4) is 11.5 Å². The van der Waals surface area contributed by atoms with Crippen LogP contribution in [0.25, 0.3) is 0 Å². The summed E-state index contributed by atoms with van der Waals surface area (Å²) in [5, 5.41) is 9.80. The largest absolute Gasteiger partial charge is 0.505 e. The van der Waals surface area contributed by atoms with Crippen LogP contribution in [-0.2, 0) is 5.41 Å². The Kier molecular flexibility index (Phi) is 4.60. The summed E-state index contributed by atoms with van der Waals surface area (Å²) in [5.74, 6) is 0.209. The standard InChI is InChI=1S/C19H19Cl2NO3/c1-19(2,3)12-4-5-16-15(10-12)22(6-7-25-16)18(24)11-8-13(20)17(23)14(21)9-11/h4-5,8-10,23H,6-7H2,1-3H3. The summed E-state index contributed by atoms with van der Waals surface area (Å²) in [5.41, 5.74) is 2.11. The third-order valence-electron chi connectivity index (χ3n) is 4.20. The van der Waals surface area contributed by atoms with Crippen LogP contribution in [0.5, 0.6) is 11.5 Å². The number of hydrogen-bond donors (Lipinski definition) is 1. The van der Waals surface area contributed by atoms with E-state index in [2.05, 4.69) is 20.8 Å². The third kappa shape index (κ3) is 3.42. The maximum absolute atomic E-state index is 13.0. The van der Waals surface area contributed by atoms with Crippen LogP contribution in [0.15, 0.2) is 30.3 Å². The molecule has 0 bridgehead atoms. The lowest BCUT2D eigenvalue weighted by molar-refractivity contribution is 0.0976. The van der Waals surface area contributed by atoms with E-state index in [1.165, 1.54) is 12.1 Å². The van der Waals surface area contributed by atoms with Crippen LogP contribution in [-0.4, -0.2) is 24.2 Å². The molecular weight excluding hydrogens is 361 g/mol. The molecule has 3 rings (SSSR count). The van der Waals surface area contributed by atoms with Gasteiger partial charge in [-0.25, -0.2) is 0 Å². The number of carbonyl (C=O) groups excluding carboxylic acids is 1. The van der Waals surface area contributed by atoms with Gasteiger partial charge in [0.25, 0.3) is 5.91 Å². The minimum atomic E-state index is -0.237. The molecule has 1 amide bonds. The number of ether oxygens (including phenoxy) is 1. The smallest absolute Gasteiger partial charge is 0.258 e. The number of benzene rings is 2. The van der Waals surface area contributed by atoms with Gasteiger partial charge in [0.1, 0.15) is 12.4 Å². The molecule has 0 atom stereocenters. The second-order valence-electron chi connectivity index (χ2n) is 7.03. The summed E-state index contributed by atoms with van der Waals surface area (Å²) in [6.45, 7) is 7.18. The van der Waals surface area contributed by atoms with Crippen LogP contribution in [0.3, 0.4) is 0 Å². The van der Waals surface area contributed by atoms with Gasteiger partial charge in [-0.3, -0.25) is 4.79 Å². The van der Waals surface area contributed by atoms with E-state index < -0.39 is 0 Å². The van der Waals surface area contributed by atoms with Gasteiger partial charge in [0.15, 0.2) is 5.75 Å². The number of anilines is 1. The molecule has 0 aliphatic carbocycles. The van der Waals surface area contributed by atoms with E-state index >= 15 is 0 Å². The molecule has 2 aromatic rings. The molecule has 0 unspecified atom stereocenters. The SMILES string of the molecule is CC(C)(C)c1ccc2c(c1)N(C(=O)c1cc(Cl)c(O)c(Cl)c1)CCO2. The molecular formula is C19H19Cl2NO3. The fourth-order valence-corrected chi connectivity index (χ4v) is 3.23. The highest BCUT2D eigenvalue weighted by Gasteiger charge is 2.27. The number of carbonyl (C=O) groups is 1. The lowest BCUT2D eigenvalue weighted by Gasteiger charge is -2.31. The van der Waals surface area contributed by atoms with Crippen LogP contribution < -0.4 is 9.64 Å². The second kappa shape index (κ2) is 6.43. The first-order chi connectivity index (χ1) is 11.7. The highest BCUT2D eigenvalue weighted by molar-refractivity contribution is 6.37. The Labute approximate surface area is 156 Å². The number of phenolic OH excluding ortho intramolecular Hbond substituents is 1. The van der Waals surface area contributed by atoms with Crippen LogP contribution in [0.1, 0.15) is 36.7 Å². The fourth-order valence-electron chi connectivity index (χ4n) is 2.74. The summed E-state index contributed by atoms with van der Waals surface area (Å²) < 4.78 is 5.69. The first kappa shape index (κ1) is 17.9. The molecule has 0 saturated heterocycles. The van der Waals surface area contributed by atoms with E-state index in [0.717, 1.165) is 11.3 Å². The average molecular weight is 380 g/mol. The normalized spacial score (nSPS) is 14.0. The molecule has 0 fully saturated rings. The van der Waals surface area contributed by atoms with Crippen LogP contribution in [0.4, 0.5) is 5.69 Å². The van der Waals surface area contributed by atoms with Crippen molar-refractivity contribution in [3.05, 3.63) is 51.5 Å². The molecule has 4 nitrogen and oxygen atoms in total. The summed E-state index contributed by atoms with van der Waals surface area (Å²) >= 11 is 11.9. The van der Waals surface area contributed by atoms with Gasteiger partial charge >= 0.3 is 0 Å². The zero-order chi connectivity index (χ0) is 18.4. The van der Waals surface area contributed by atoms with Gasteiger partial charge in [-0.05, 0) is 35.2 Å². The Morgan fingerprint density at radius 3 is 2.40 bits per heavy atom. The molecule has 0 radical (unpaired) electrons. The van der Waals surface area contributed by atoms with Crippen molar-refractivity contribution in [2.24, 2.45) is 0 Å². The lowest BCUT2D eigenvalue weighted by atomic mass is 9.86. The predicted octanol–water partition coefficient (Wildman–Crippen LogP) is 5.04. The minimum Gasteiger partial charge on any atom is -0.505 e. The quantitative estimate of drug-likeness (QED) is 0.755.